The molecule has 3 atom stereocenters. The predicted octanol–water partition coefficient (Wildman–Crippen LogP) is 1.24. The highest BCUT2D eigenvalue weighted by Crippen LogP contribution is 2.28. The molecule has 2 aromatic rings. The molecule has 0 radical (unpaired) electrons. The molecule has 4 rings (SSSR count). The van der Waals surface area contributed by atoms with Crippen molar-refractivity contribution in [1.29, 1.82) is 0 Å². The molecule has 4 heterocycles. The number of furan rings is 1. The van der Waals surface area contributed by atoms with E-state index < -0.39 is 5.97 Å². The molecular formula is C16H17N3O4. The zero-order valence-electron chi connectivity index (χ0n) is 12.7. The van der Waals surface area contributed by atoms with Crippen LogP contribution in [0.5, 0.6) is 0 Å². The SMILES string of the molecule is COC(=O)c1cc2cnc(C(=O)N[C@@H]3C[C@H]4CC[C@@H]3N4)cc2o1. The minimum Gasteiger partial charge on any atom is -0.463 e. The fourth-order valence-electron chi connectivity index (χ4n) is 3.48. The first kappa shape index (κ1) is 14.2. The number of ether oxygens (including phenoxy) is 1. The van der Waals surface area contributed by atoms with E-state index in [1.807, 2.05) is 0 Å². The summed E-state index contributed by atoms with van der Waals surface area (Å²) in [5.41, 5.74) is 0.725. The van der Waals surface area contributed by atoms with Gasteiger partial charge in [0.15, 0.2) is 0 Å². The third kappa shape index (κ3) is 2.46. The van der Waals surface area contributed by atoms with Crippen LogP contribution in [0.15, 0.2) is 22.7 Å². The van der Waals surface area contributed by atoms with Crippen LogP contribution in [0.4, 0.5) is 0 Å². The Balaban J connectivity index is 1.54. The highest BCUT2D eigenvalue weighted by Gasteiger charge is 2.39. The summed E-state index contributed by atoms with van der Waals surface area (Å²) in [4.78, 5) is 28.0. The summed E-state index contributed by atoms with van der Waals surface area (Å²) < 4.78 is 10.0. The Bertz CT molecular complexity index is 785. The molecule has 0 aromatic carbocycles. The van der Waals surface area contributed by atoms with Gasteiger partial charge in [0.1, 0.15) is 11.3 Å². The lowest BCUT2D eigenvalue weighted by Crippen LogP contribution is -2.43. The van der Waals surface area contributed by atoms with Gasteiger partial charge in [-0.15, -0.1) is 0 Å². The minimum absolute atomic E-state index is 0.0964. The molecule has 2 bridgehead atoms. The zero-order valence-corrected chi connectivity index (χ0v) is 12.7. The Hall–Kier alpha value is -2.41. The van der Waals surface area contributed by atoms with Gasteiger partial charge in [0, 0.05) is 41.8 Å². The standard InChI is InChI=1S/C16H17N3O4/c1-22-16(21)14-4-8-7-17-12(6-13(8)23-14)15(20)19-11-5-9-2-3-10(11)18-9/h4,6-7,9-11,18H,2-3,5H2,1H3,(H,19,20)/t9-,10+,11-/m1/s1. The van der Waals surface area contributed by atoms with Gasteiger partial charge in [0.25, 0.3) is 5.91 Å². The molecule has 2 aliphatic rings. The Morgan fingerprint density at radius 3 is 2.96 bits per heavy atom. The highest BCUT2D eigenvalue weighted by molar-refractivity contribution is 5.97. The van der Waals surface area contributed by atoms with Crippen molar-refractivity contribution in [3.8, 4) is 0 Å². The smallest absolute Gasteiger partial charge is 0.373 e. The molecule has 2 fully saturated rings. The van der Waals surface area contributed by atoms with Gasteiger partial charge >= 0.3 is 5.97 Å². The number of rotatable bonds is 3. The molecule has 2 saturated heterocycles. The Morgan fingerprint density at radius 2 is 2.26 bits per heavy atom. The van der Waals surface area contributed by atoms with Crippen molar-refractivity contribution in [3.63, 3.8) is 0 Å². The van der Waals surface area contributed by atoms with Crippen molar-refractivity contribution < 1.29 is 18.7 Å². The average molecular weight is 315 g/mol. The van der Waals surface area contributed by atoms with E-state index in [-0.39, 0.29) is 23.4 Å². The lowest BCUT2D eigenvalue weighted by atomic mass is 9.95. The second kappa shape index (κ2) is 5.34. The van der Waals surface area contributed by atoms with E-state index >= 15 is 0 Å². The molecule has 23 heavy (non-hydrogen) atoms. The van der Waals surface area contributed by atoms with Gasteiger partial charge in [-0.05, 0) is 19.3 Å². The van der Waals surface area contributed by atoms with Crippen molar-refractivity contribution in [2.75, 3.05) is 7.11 Å². The van der Waals surface area contributed by atoms with Crippen LogP contribution in [-0.4, -0.2) is 42.1 Å². The van der Waals surface area contributed by atoms with E-state index in [0.29, 0.717) is 23.1 Å². The topological polar surface area (TPSA) is 93.5 Å². The number of esters is 1. The van der Waals surface area contributed by atoms with Crippen LogP contribution in [0.2, 0.25) is 0 Å². The number of fused-ring (bicyclic) bond motifs is 3. The summed E-state index contributed by atoms with van der Waals surface area (Å²) in [5.74, 6) is -0.679. The molecular weight excluding hydrogens is 298 g/mol. The lowest BCUT2D eigenvalue weighted by Gasteiger charge is -2.21. The summed E-state index contributed by atoms with van der Waals surface area (Å²) in [5, 5.41) is 7.17. The monoisotopic (exact) mass is 315 g/mol. The number of amides is 1. The fraction of sp³-hybridized carbons (Fsp3) is 0.438. The number of hydrogen-bond acceptors (Lipinski definition) is 6. The first-order valence-corrected chi connectivity index (χ1v) is 7.69. The molecule has 2 aliphatic heterocycles. The molecule has 0 unspecified atom stereocenters. The molecule has 120 valence electrons. The number of hydrogen-bond donors (Lipinski definition) is 2. The van der Waals surface area contributed by atoms with E-state index in [2.05, 4.69) is 20.4 Å². The van der Waals surface area contributed by atoms with E-state index in [0.717, 1.165) is 12.8 Å². The largest absolute Gasteiger partial charge is 0.463 e. The zero-order chi connectivity index (χ0) is 16.0. The fourth-order valence-corrected chi connectivity index (χ4v) is 3.48. The molecule has 0 spiro atoms. The first-order valence-electron chi connectivity index (χ1n) is 7.69. The Kier molecular flexibility index (Phi) is 3.30. The number of nitrogens with zero attached hydrogens (tertiary/aromatic N) is 1. The van der Waals surface area contributed by atoms with Crippen LogP contribution in [0, 0.1) is 0 Å². The van der Waals surface area contributed by atoms with Crippen molar-refractivity contribution in [1.82, 2.24) is 15.6 Å². The van der Waals surface area contributed by atoms with Crippen molar-refractivity contribution in [2.24, 2.45) is 0 Å². The molecule has 0 saturated carbocycles. The predicted molar refractivity (Wildman–Crippen MR) is 81.2 cm³/mol. The summed E-state index contributed by atoms with van der Waals surface area (Å²) in [7, 11) is 1.29. The van der Waals surface area contributed by atoms with Gasteiger partial charge < -0.3 is 19.8 Å². The van der Waals surface area contributed by atoms with Crippen LogP contribution in [0.1, 0.15) is 40.3 Å². The maximum Gasteiger partial charge on any atom is 0.373 e. The third-order valence-electron chi connectivity index (χ3n) is 4.64. The summed E-state index contributed by atoms with van der Waals surface area (Å²) in [6.07, 6.45) is 4.78. The molecule has 7 nitrogen and oxygen atoms in total. The number of nitrogens with one attached hydrogen (secondary N) is 2. The number of carbonyl (C=O) groups is 2. The Labute approximate surface area is 132 Å². The minimum atomic E-state index is -0.555. The van der Waals surface area contributed by atoms with Gasteiger partial charge in [0.05, 0.1) is 7.11 Å². The number of methoxy groups -OCH3 is 1. The first-order chi connectivity index (χ1) is 11.1. The number of aromatic nitrogens is 1. The maximum atomic E-state index is 12.4. The summed E-state index contributed by atoms with van der Waals surface area (Å²) >= 11 is 0. The quantitative estimate of drug-likeness (QED) is 0.828. The second-order valence-electron chi connectivity index (χ2n) is 6.07. The average Bonchev–Trinajstić information content (AvgIpc) is 3.27. The second-order valence-corrected chi connectivity index (χ2v) is 6.07. The van der Waals surface area contributed by atoms with E-state index in [9.17, 15) is 9.59 Å². The Morgan fingerprint density at radius 1 is 1.39 bits per heavy atom. The maximum absolute atomic E-state index is 12.4. The van der Waals surface area contributed by atoms with Gasteiger partial charge in [-0.2, -0.15) is 0 Å². The van der Waals surface area contributed by atoms with Crippen LogP contribution < -0.4 is 10.6 Å². The van der Waals surface area contributed by atoms with Gasteiger partial charge in [-0.1, -0.05) is 0 Å². The van der Waals surface area contributed by atoms with Crippen molar-refractivity contribution in [3.05, 3.63) is 29.8 Å². The summed E-state index contributed by atoms with van der Waals surface area (Å²) in [6.45, 7) is 0. The van der Waals surface area contributed by atoms with E-state index in [1.165, 1.54) is 19.7 Å². The molecule has 7 heteroatoms. The van der Waals surface area contributed by atoms with Crippen molar-refractivity contribution >= 4 is 22.8 Å². The third-order valence-corrected chi connectivity index (χ3v) is 4.64. The summed E-state index contributed by atoms with van der Waals surface area (Å²) in [6, 6.07) is 4.14. The number of pyridine rings is 1. The molecule has 1 amide bonds. The van der Waals surface area contributed by atoms with Crippen LogP contribution >= 0.6 is 0 Å². The van der Waals surface area contributed by atoms with Crippen LogP contribution in [0.25, 0.3) is 11.0 Å². The number of carbonyl (C=O) groups excluding carboxylic acids is 2. The van der Waals surface area contributed by atoms with Crippen molar-refractivity contribution in [2.45, 2.75) is 37.4 Å². The molecule has 2 aromatic heterocycles. The van der Waals surface area contributed by atoms with Gasteiger partial charge in [-0.3, -0.25) is 9.78 Å². The normalized spacial score (nSPS) is 25.7. The molecule has 0 aliphatic carbocycles. The van der Waals surface area contributed by atoms with Crippen LogP contribution in [0.3, 0.4) is 0 Å². The highest BCUT2D eigenvalue weighted by atomic mass is 16.5. The molecule has 2 N–H and O–H groups in total. The lowest BCUT2D eigenvalue weighted by molar-refractivity contribution is 0.0567. The van der Waals surface area contributed by atoms with Gasteiger partial charge in [-0.25, -0.2) is 4.79 Å². The van der Waals surface area contributed by atoms with E-state index in [1.54, 1.807) is 12.1 Å². The van der Waals surface area contributed by atoms with Crippen LogP contribution in [-0.2, 0) is 4.74 Å². The van der Waals surface area contributed by atoms with Gasteiger partial charge in [0.2, 0.25) is 5.76 Å². The van der Waals surface area contributed by atoms with E-state index in [4.69, 9.17) is 4.42 Å².